The van der Waals surface area contributed by atoms with Gasteiger partial charge in [0.1, 0.15) is 0 Å². The SMILES string of the molecule is O=C(c1ccc(=O)[nH]c1)N1CCC[C@H]1c1ccc(Cl)cc1. The summed E-state index contributed by atoms with van der Waals surface area (Å²) in [5, 5.41) is 0.690. The molecule has 1 fully saturated rings. The Kier molecular flexibility index (Phi) is 3.80. The molecule has 1 amide bonds. The van der Waals surface area contributed by atoms with Crippen molar-refractivity contribution in [2.75, 3.05) is 6.54 Å². The van der Waals surface area contributed by atoms with Crippen LogP contribution in [-0.2, 0) is 0 Å². The minimum atomic E-state index is -0.206. The van der Waals surface area contributed by atoms with E-state index in [1.54, 1.807) is 6.07 Å². The van der Waals surface area contributed by atoms with E-state index in [2.05, 4.69) is 4.98 Å². The Morgan fingerprint density at radius 2 is 1.95 bits per heavy atom. The van der Waals surface area contributed by atoms with Crippen molar-refractivity contribution in [2.24, 2.45) is 0 Å². The molecule has 0 aliphatic carbocycles. The summed E-state index contributed by atoms with van der Waals surface area (Å²) in [6.07, 6.45) is 3.39. The van der Waals surface area contributed by atoms with Crippen molar-refractivity contribution in [3.05, 3.63) is 69.1 Å². The third-order valence-electron chi connectivity index (χ3n) is 3.80. The van der Waals surface area contributed by atoms with E-state index in [0.29, 0.717) is 10.6 Å². The summed E-state index contributed by atoms with van der Waals surface area (Å²) in [5.41, 5.74) is 1.40. The molecule has 1 aromatic carbocycles. The number of hydrogen-bond donors (Lipinski definition) is 1. The predicted octanol–water partition coefficient (Wildman–Crippen LogP) is 3.01. The molecule has 4 nitrogen and oxygen atoms in total. The van der Waals surface area contributed by atoms with Crippen LogP contribution in [0.1, 0.15) is 34.8 Å². The topological polar surface area (TPSA) is 53.2 Å². The Morgan fingerprint density at radius 3 is 2.62 bits per heavy atom. The van der Waals surface area contributed by atoms with Gasteiger partial charge in [-0.25, -0.2) is 0 Å². The molecule has 0 bridgehead atoms. The van der Waals surface area contributed by atoms with Gasteiger partial charge in [0.2, 0.25) is 5.56 Å². The number of halogens is 1. The predicted molar refractivity (Wildman–Crippen MR) is 81.5 cm³/mol. The smallest absolute Gasteiger partial charge is 0.255 e. The number of nitrogens with zero attached hydrogens (tertiary/aromatic N) is 1. The van der Waals surface area contributed by atoms with Gasteiger partial charge in [-0.05, 0) is 36.6 Å². The second-order valence-electron chi connectivity index (χ2n) is 5.15. The van der Waals surface area contributed by atoms with Crippen LogP contribution >= 0.6 is 11.6 Å². The lowest BCUT2D eigenvalue weighted by Crippen LogP contribution is -2.31. The van der Waals surface area contributed by atoms with Crippen LogP contribution in [0.2, 0.25) is 5.02 Å². The summed E-state index contributed by atoms with van der Waals surface area (Å²) in [5.74, 6) is -0.0521. The van der Waals surface area contributed by atoms with Crippen molar-refractivity contribution in [2.45, 2.75) is 18.9 Å². The average Bonchev–Trinajstić information content (AvgIpc) is 2.97. The van der Waals surface area contributed by atoms with E-state index in [1.807, 2.05) is 29.2 Å². The monoisotopic (exact) mass is 302 g/mol. The minimum Gasteiger partial charge on any atom is -0.332 e. The quantitative estimate of drug-likeness (QED) is 0.927. The van der Waals surface area contributed by atoms with Crippen LogP contribution < -0.4 is 5.56 Å². The molecule has 2 heterocycles. The molecule has 2 aromatic rings. The van der Waals surface area contributed by atoms with Crippen LogP contribution in [0.25, 0.3) is 0 Å². The van der Waals surface area contributed by atoms with E-state index in [0.717, 1.165) is 24.9 Å². The highest BCUT2D eigenvalue weighted by Gasteiger charge is 2.30. The Balaban J connectivity index is 1.86. The van der Waals surface area contributed by atoms with Crippen molar-refractivity contribution in [1.82, 2.24) is 9.88 Å². The normalized spacial score (nSPS) is 18.0. The van der Waals surface area contributed by atoms with Crippen LogP contribution in [0, 0.1) is 0 Å². The van der Waals surface area contributed by atoms with Crippen molar-refractivity contribution in [1.29, 1.82) is 0 Å². The third-order valence-corrected chi connectivity index (χ3v) is 4.05. The van der Waals surface area contributed by atoms with Gasteiger partial charge in [-0.3, -0.25) is 9.59 Å². The standard InChI is InChI=1S/C16H15ClN2O2/c17-13-6-3-11(4-7-13)14-2-1-9-19(14)16(21)12-5-8-15(20)18-10-12/h3-8,10,14H,1-2,9H2,(H,18,20)/t14-/m0/s1. The fraction of sp³-hybridized carbons (Fsp3) is 0.250. The summed E-state index contributed by atoms with van der Waals surface area (Å²) in [6, 6.07) is 10.6. The zero-order chi connectivity index (χ0) is 14.8. The first-order chi connectivity index (χ1) is 10.1. The number of carbonyl (C=O) groups is 1. The first-order valence-corrected chi connectivity index (χ1v) is 7.28. The summed E-state index contributed by atoms with van der Waals surface area (Å²) < 4.78 is 0. The Morgan fingerprint density at radius 1 is 1.19 bits per heavy atom. The van der Waals surface area contributed by atoms with Crippen LogP contribution in [0.15, 0.2) is 47.4 Å². The lowest BCUT2D eigenvalue weighted by molar-refractivity contribution is 0.0735. The zero-order valence-electron chi connectivity index (χ0n) is 11.4. The van der Waals surface area contributed by atoms with E-state index in [9.17, 15) is 9.59 Å². The molecule has 0 spiro atoms. The lowest BCUT2D eigenvalue weighted by Gasteiger charge is -2.25. The highest BCUT2D eigenvalue weighted by Crippen LogP contribution is 2.33. The summed E-state index contributed by atoms with van der Waals surface area (Å²) in [7, 11) is 0. The molecule has 5 heteroatoms. The lowest BCUT2D eigenvalue weighted by atomic mass is 10.0. The third kappa shape index (κ3) is 2.85. The molecule has 1 saturated heterocycles. The number of hydrogen-bond acceptors (Lipinski definition) is 2. The first kappa shape index (κ1) is 13.9. The molecule has 1 aliphatic heterocycles. The number of amides is 1. The van der Waals surface area contributed by atoms with Gasteiger partial charge in [-0.2, -0.15) is 0 Å². The van der Waals surface area contributed by atoms with Crippen LogP contribution in [0.5, 0.6) is 0 Å². The van der Waals surface area contributed by atoms with Crippen molar-refractivity contribution in [3.63, 3.8) is 0 Å². The maximum atomic E-state index is 12.6. The Bertz CT molecular complexity index is 688. The Hall–Kier alpha value is -2.07. The number of likely N-dealkylation sites (tertiary alicyclic amines) is 1. The van der Waals surface area contributed by atoms with Crippen molar-refractivity contribution < 1.29 is 4.79 Å². The summed E-state index contributed by atoms with van der Waals surface area (Å²) in [6.45, 7) is 0.727. The maximum Gasteiger partial charge on any atom is 0.255 e. The molecular weight excluding hydrogens is 288 g/mol. The van der Waals surface area contributed by atoms with E-state index >= 15 is 0 Å². The van der Waals surface area contributed by atoms with E-state index in [-0.39, 0.29) is 17.5 Å². The molecule has 108 valence electrons. The maximum absolute atomic E-state index is 12.6. The average molecular weight is 303 g/mol. The van der Waals surface area contributed by atoms with Gasteiger partial charge in [0, 0.05) is 23.8 Å². The Labute approximate surface area is 127 Å². The molecule has 1 aromatic heterocycles. The van der Waals surface area contributed by atoms with Gasteiger partial charge in [0.15, 0.2) is 0 Å². The number of benzene rings is 1. The largest absolute Gasteiger partial charge is 0.332 e. The van der Waals surface area contributed by atoms with E-state index in [4.69, 9.17) is 11.6 Å². The number of carbonyl (C=O) groups excluding carboxylic acids is 1. The molecule has 1 atom stereocenters. The number of H-pyrrole nitrogens is 1. The summed E-state index contributed by atoms with van der Waals surface area (Å²) in [4.78, 5) is 28.1. The van der Waals surface area contributed by atoms with Gasteiger partial charge in [0.05, 0.1) is 11.6 Å². The zero-order valence-corrected chi connectivity index (χ0v) is 12.1. The summed E-state index contributed by atoms with van der Waals surface area (Å²) >= 11 is 5.91. The van der Waals surface area contributed by atoms with Crippen LogP contribution in [0.4, 0.5) is 0 Å². The van der Waals surface area contributed by atoms with Crippen molar-refractivity contribution in [3.8, 4) is 0 Å². The number of aromatic nitrogens is 1. The first-order valence-electron chi connectivity index (χ1n) is 6.90. The number of aromatic amines is 1. The molecular formula is C16H15ClN2O2. The van der Waals surface area contributed by atoms with Gasteiger partial charge in [-0.1, -0.05) is 23.7 Å². The molecule has 0 unspecified atom stereocenters. The molecule has 0 radical (unpaired) electrons. The second-order valence-corrected chi connectivity index (χ2v) is 5.59. The van der Waals surface area contributed by atoms with Crippen LogP contribution in [0.3, 0.4) is 0 Å². The van der Waals surface area contributed by atoms with Crippen LogP contribution in [-0.4, -0.2) is 22.3 Å². The fourth-order valence-electron chi connectivity index (χ4n) is 2.75. The number of rotatable bonds is 2. The molecule has 1 N–H and O–H groups in total. The second kappa shape index (κ2) is 5.74. The van der Waals surface area contributed by atoms with Gasteiger partial charge in [-0.15, -0.1) is 0 Å². The van der Waals surface area contributed by atoms with Gasteiger partial charge in [0.25, 0.3) is 5.91 Å². The number of pyridine rings is 1. The molecule has 21 heavy (non-hydrogen) atoms. The highest BCUT2D eigenvalue weighted by atomic mass is 35.5. The van der Waals surface area contributed by atoms with E-state index < -0.39 is 0 Å². The number of nitrogens with one attached hydrogen (secondary N) is 1. The van der Waals surface area contributed by atoms with Crippen molar-refractivity contribution >= 4 is 17.5 Å². The van der Waals surface area contributed by atoms with Gasteiger partial charge >= 0.3 is 0 Å². The molecule has 3 rings (SSSR count). The van der Waals surface area contributed by atoms with Gasteiger partial charge < -0.3 is 9.88 Å². The minimum absolute atomic E-state index is 0.0521. The fourth-order valence-corrected chi connectivity index (χ4v) is 2.88. The highest BCUT2D eigenvalue weighted by molar-refractivity contribution is 6.30. The van der Waals surface area contributed by atoms with E-state index in [1.165, 1.54) is 12.3 Å². The molecule has 0 saturated carbocycles. The molecule has 1 aliphatic rings.